The van der Waals surface area contributed by atoms with Crippen LogP contribution in [0.4, 0.5) is 17.1 Å². The van der Waals surface area contributed by atoms with Crippen molar-refractivity contribution in [3.8, 4) is 0 Å². The molecule has 0 N–H and O–H groups in total. The van der Waals surface area contributed by atoms with Crippen LogP contribution in [0, 0.1) is 6.07 Å². The molecule has 27 heavy (non-hydrogen) atoms. The number of para-hydroxylation sites is 2. The lowest BCUT2D eigenvalue weighted by atomic mass is 10.0. The maximum Gasteiger partial charge on any atom is 0.0546 e. The second-order valence-electron chi connectivity index (χ2n) is 6.60. The van der Waals surface area contributed by atoms with Crippen LogP contribution in [-0.2, 0) is 0 Å². The zero-order valence-electron chi connectivity index (χ0n) is 14.8. The highest BCUT2D eigenvalue weighted by atomic mass is 15.1. The van der Waals surface area contributed by atoms with Crippen molar-refractivity contribution in [1.82, 2.24) is 0 Å². The summed E-state index contributed by atoms with van der Waals surface area (Å²) in [5.74, 6) is 0. The predicted molar refractivity (Wildman–Crippen MR) is 115 cm³/mol. The molecule has 1 heteroatoms. The smallest absolute Gasteiger partial charge is 0.0546 e. The Morgan fingerprint density at radius 3 is 1.81 bits per heavy atom. The van der Waals surface area contributed by atoms with Gasteiger partial charge in [0.1, 0.15) is 0 Å². The molecule has 0 aliphatic heterocycles. The van der Waals surface area contributed by atoms with Crippen LogP contribution in [0.2, 0.25) is 0 Å². The van der Waals surface area contributed by atoms with Gasteiger partial charge >= 0.3 is 0 Å². The number of benzene rings is 5. The topological polar surface area (TPSA) is 3.24 Å². The van der Waals surface area contributed by atoms with Crippen LogP contribution < -0.4 is 4.90 Å². The van der Waals surface area contributed by atoms with Crippen molar-refractivity contribution in [1.29, 1.82) is 0 Å². The van der Waals surface area contributed by atoms with E-state index in [2.05, 4.69) is 120 Å². The van der Waals surface area contributed by atoms with Crippen molar-refractivity contribution < 1.29 is 0 Å². The molecule has 0 heterocycles. The Bertz CT molecular complexity index is 1170. The van der Waals surface area contributed by atoms with Gasteiger partial charge in [0.15, 0.2) is 0 Å². The summed E-state index contributed by atoms with van der Waals surface area (Å²) in [6, 6.07) is 41.8. The van der Waals surface area contributed by atoms with Gasteiger partial charge in [0.25, 0.3) is 0 Å². The summed E-state index contributed by atoms with van der Waals surface area (Å²) in [5.41, 5.74) is 3.41. The lowest BCUT2D eigenvalue weighted by Gasteiger charge is -2.26. The van der Waals surface area contributed by atoms with Gasteiger partial charge in [-0.05, 0) is 52.6 Å². The molecule has 5 rings (SSSR count). The van der Waals surface area contributed by atoms with Crippen LogP contribution in [0.5, 0.6) is 0 Å². The molecule has 0 aliphatic carbocycles. The van der Waals surface area contributed by atoms with E-state index in [-0.39, 0.29) is 0 Å². The summed E-state index contributed by atoms with van der Waals surface area (Å²) in [6.45, 7) is 0. The Labute approximate surface area is 159 Å². The van der Waals surface area contributed by atoms with Crippen LogP contribution in [0.1, 0.15) is 0 Å². The largest absolute Gasteiger partial charge is 0.310 e. The molecule has 5 aromatic carbocycles. The first-order valence-corrected chi connectivity index (χ1v) is 9.14. The summed E-state index contributed by atoms with van der Waals surface area (Å²) in [5, 5.41) is 4.68. The van der Waals surface area contributed by atoms with E-state index in [0.29, 0.717) is 0 Å². The summed E-state index contributed by atoms with van der Waals surface area (Å²) in [6.07, 6.45) is 0. The molecule has 0 aliphatic rings. The number of fused-ring (bicyclic) bond motifs is 2. The number of rotatable bonds is 3. The zero-order chi connectivity index (χ0) is 18.1. The predicted octanol–water partition coefficient (Wildman–Crippen LogP) is 7.26. The highest BCUT2D eigenvalue weighted by molar-refractivity contribution is 6.05. The average Bonchev–Trinajstić information content (AvgIpc) is 2.74. The first-order chi connectivity index (χ1) is 13.4. The maximum absolute atomic E-state index is 3.66. The van der Waals surface area contributed by atoms with E-state index in [1.54, 1.807) is 0 Å². The molecule has 127 valence electrons. The molecule has 0 amide bonds. The van der Waals surface area contributed by atoms with Gasteiger partial charge < -0.3 is 4.90 Å². The van der Waals surface area contributed by atoms with Gasteiger partial charge in [0, 0.05) is 22.8 Å². The fraction of sp³-hybridized carbons (Fsp3) is 0. The monoisotopic (exact) mass is 344 g/mol. The van der Waals surface area contributed by atoms with Gasteiger partial charge in [-0.25, -0.2) is 0 Å². The Morgan fingerprint density at radius 1 is 0.519 bits per heavy atom. The molecule has 0 saturated heterocycles. The Hall–Kier alpha value is -3.58. The molecule has 5 aromatic rings. The molecule has 0 fully saturated rings. The van der Waals surface area contributed by atoms with E-state index < -0.39 is 0 Å². The van der Waals surface area contributed by atoms with Crippen molar-refractivity contribution in [2.75, 3.05) is 4.90 Å². The molecular weight excluding hydrogens is 326 g/mol. The third-order valence-electron chi connectivity index (χ3n) is 4.88. The van der Waals surface area contributed by atoms with E-state index in [1.807, 2.05) is 0 Å². The Morgan fingerprint density at radius 2 is 1.11 bits per heavy atom. The van der Waals surface area contributed by atoms with Gasteiger partial charge in [-0.2, -0.15) is 0 Å². The fourth-order valence-corrected chi connectivity index (χ4v) is 3.62. The maximum atomic E-state index is 3.66. The molecule has 0 unspecified atom stereocenters. The summed E-state index contributed by atoms with van der Waals surface area (Å²) in [4.78, 5) is 2.30. The van der Waals surface area contributed by atoms with Crippen LogP contribution in [0.25, 0.3) is 21.5 Å². The number of hydrogen-bond donors (Lipinski definition) is 0. The van der Waals surface area contributed by atoms with Crippen molar-refractivity contribution >= 4 is 38.6 Å². The van der Waals surface area contributed by atoms with Gasteiger partial charge in [0.05, 0.1) is 5.69 Å². The lowest BCUT2D eigenvalue weighted by molar-refractivity contribution is 1.30. The number of hydrogen-bond acceptors (Lipinski definition) is 1. The molecular formula is C26H18N. The Balaban J connectivity index is 1.81. The first kappa shape index (κ1) is 15.7. The number of nitrogens with zero attached hydrogens (tertiary/aromatic N) is 1. The normalized spacial score (nSPS) is 11.0. The summed E-state index contributed by atoms with van der Waals surface area (Å²) in [7, 11) is 0. The van der Waals surface area contributed by atoms with Crippen LogP contribution in [-0.4, -0.2) is 0 Å². The highest BCUT2D eigenvalue weighted by Gasteiger charge is 2.15. The van der Waals surface area contributed by atoms with E-state index in [4.69, 9.17) is 0 Å². The van der Waals surface area contributed by atoms with Crippen LogP contribution in [0.3, 0.4) is 0 Å². The van der Waals surface area contributed by atoms with E-state index in [1.165, 1.54) is 10.8 Å². The third kappa shape index (κ3) is 2.84. The molecule has 0 saturated carbocycles. The van der Waals surface area contributed by atoms with Crippen molar-refractivity contribution in [3.63, 3.8) is 0 Å². The summed E-state index contributed by atoms with van der Waals surface area (Å²) >= 11 is 0. The van der Waals surface area contributed by atoms with Gasteiger partial charge in [-0.1, -0.05) is 72.8 Å². The second-order valence-corrected chi connectivity index (χ2v) is 6.60. The van der Waals surface area contributed by atoms with Crippen molar-refractivity contribution in [2.45, 2.75) is 0 Å². The van der Waals surface area contributed by atoms with Crippen LogP contribution in [0.15, 0.2) is 109 Å². The molecule has 1 nitrogen and oxygen atoms in total. The van der Waals surface area contributed by atoms with E-state index >= 15 is 0 Å². The molecule has 1 radical (unpaired) electrons. The number of anilines is 3. The first-order valence-electron chi connectivity index (χ1n) is 9.14. The SMILES string of the molecule is [c]1c2ccccc2cc2cccc(N(c3ccccc3)c3ccccc3)c12. The van der Waals surface area contributed by atoms with Crippen LogP contribution >= 0.6 is 0 Å². The lowest BCUT2D eigenvalue weighted by Crippen LogP contribution is -2.10. The van der Waals surface area contributed by atoms with Gasteiger partial charge in [0.2, 0.25) is 0 Å². The van der Waals surface area contributed by atoms with E-state index in [0.717, 1.165) is 27.8 Å². The summed E-state index contributed by atoms with van der Waals surface area (Å²) < 4.78 is 0. The highest BCUT2D eigenvalue weighted by Crippen LogP contribution is 2.39. The molecule has 0 atom stereocenters. The zero-order valence-corrected chi connectivity index (χ0v) is 14.8. The second kappa shape index (κ2) is 6.62. The minimum atomic E-state index is 1.13. The average molecular weight is 344 g/mol. The minimum absolute atomic E-state index is 1.13. The molecule has 0 spiro atoms. The standard InChI is InChI=1S/C26H18N/c1-3-13-23(14-4-1)27(24-15-5-2-6-16-24)26-17-9-12-22-18-20-10-7-8-11-21(20)19-25(22)26/h1-18H. The van der Waals surface area contributed by atoms with Crippen molar-refractivity contribution in [3.05, 3.63) is 115 Å². The van der Waals surface area contributed by atoms with Crippen molar-refractivity contribution in [2.24, 2.45) is 0 Å². The fourth-order valence-electron chi connectivity index (χ4n) is 3.62. The Kier molecular flexibility index (Phi) is 3.84. The van der Waals surface area contributed by atoms with Gasteiger partial charge in [-0.15, -0.1) is 0 Å². The quantitative estimate of drug-likeness (QED) is 0.311. The molecule has 0 bridgehead atoms. The third-order valence-corrected chi connectivity index (χ3v) is 4.88. The van der Waals surface area contributed by atoms with E-state index in [9.17, 15) is 0 Å². The van der Waals surface area contributed by atoms with Gasteiger partial charge in [-0.3, -0.25) is 0 Å². The molecule has 0 aromatic heterocycles. The minimum Gasteiger partial charge on any atom is -0.310 e.